The van der Waals surface area contributed by atoms with Gasteiger partial charge in [0.15, 0.2) is 5.00 Å². The monoisotopic (exact) mass is 284 g/mol. The van der Waals surface area contributed by atoms with Gasteiger partial charge in [-0.3, -0.25) is 10.1 Å². The first-order valence-electron chi connectivity index (χ1n) is 6.64. The fraction of sp³-hybridized carbons (Fsp3) is 0.692. The summed E-state index contributed by atoms with van der Waals surface area (Å²) < 4.78 is 0. The molecule has 5 nitrogen and oxygen atoms in total. The summed E-state index contributed by atoms with van der Waals surface area (Å²) in [6, 6.07) is 1.81. The lowest BCUT2D eigenvalue weighted by Gasteiger charge is -2.38. The lowest BCUT2D eigenvalue weighted by Crippen LogP contribution is -2.42. The summed E-state index contributed by atoms with van der Waals surface area (Å²) in [6.45, 7) is 6.80. The Bertz CT molecular complexity index is 472. The lowest BCUT2D eigenvalue weighted by molar-refractivity contribution is -0.383. The Kier molecular flexibility index (Phi) is 4.10. The number of piperidine rings is 1. The molecule has 2 rings (SSSR count). The standard InChI is InChI=1S/C13H20N2O3S/c1-8-5-4-6-14(9(8)2)13-11(15(17)18)7-12(19-13)10(3)16/h7-10,16H,4-6H2,1-3H3/t8?,9?,10-/m1/s1. The Morgan fingerprint density at radius 3 is 2.84 bits per heavy atom. The maximum atomic E-state index is 11.2. The van der Waals surface area contributed by atoms with Gasteiger partial charge >= 0.3 is 5.69 Å². The summed E-state index contributed by atoms with van der Waals surface area (Å²) in [5.41, 5.74) is 0.127. The molecule has 0 aliphatic carbocycles. The first-order chi connectivity index (χ1) is 8.91. The Hall–Kier alpha value is -1.14. The first kappa shape index (κ1) is 14.3. The predicted octanol–water partition coefficient (Wildman–Crippen LogP) is 3.33. The summed E-state index contributed by atoms with van der Waals surface area (Å²) in [5.74, 6) is 0.533. The van der Waals surface area contributed by atoms with Gasteiger partial charge < -0.3 is 10.0 Å². The third-order valence-electron chi connectivity index (χ3n) is 3.96. The largest absolute Gasteiger partial charge is 0.388 e. The Morgan fingerprint density at radius 1 is 1.58 bits per heavy atom. The van der Waals surface area contributed by atoms with Crippen LogP contribution in [0.2, 0.25) is 0 Å². The summed E-state index contributed by atoms with van der Waals surface area (Å²) in [7, 11) is 0. The number of aliphatic hydroxyl groups is 1. The van der Waals surface area contributed by atoms with Gasteiger partial charge in [-0.25, -0.2) is 0 Å². The highest BCUT2D eigenvalue weighted by Crippen LogP contribution is 2.43. The number of hydrogen-bond donors (Lipinski definition) is 1. The van der Waals surface area contributed by atoms with Crippen LogP contribution in [0.1, 0.15) is 44.6 Å². The Morgan fingerprint density at radius 2 is 2.26 bits per heavy atom. The van der Waals surface area contributed by atoms with Crippen LogP contribution in [-0.2, 0) is 0 Å². The SMILES string of the molecule is CC1CCCN(c2sc([C@@H](C)O)cc2[N+](=O)[O-])C1C. The molecule has 19 heavy (non-hydrogen) atoms. The van der Waals surface area contributed by atoms with E-state index in [-0.39, 0.29) is 10.6 Å². The molecule has 3 atom stereocenters. The van der Waals surface area contributed by atoms with Gasteiger partial charge in [0.25, 0.3) is 0 Å². The second kappa shape index (κ2) is 5.46. The van der Waals surface area contributed by atoms with E-state index in [1.54, 1.807) is 6.92 Å². The number of thiophene rings is 1. The van der Waals surface area contributed by atoms with Gasteiger partial charge in [-0.1, -0.05) is 6.92 Å². The zero-order valence-electron chi connectivity index (χ0n) is 11.5. The topological polar surface area (TPSA) is 66.6 Å². The van der Waals surface area contributed by atoms with E-state index in [0.29, 0.717) is 21.8 Å². The molecule has 1 aromatic heterocycles. The minimum atomic E-state index is -0.657. The van der Waals surface area contributed by atoms with Crippen molar-refractivity contribution in [2.75, 3.05) is 11.4 Å². The van der Waals surface area contributed by atoms with E-state index in [9.17, 15) is 15.2 Å². The van der Waals surface area contributed by atoms with E-state index in [0.717, 1.165) is 13.0 Å². The van der Waals surface area contributed by atoms with Gasteiger partial charge in [-0.05, 0) is 32.6 Å². The average molecular weight is 284 g/mol. The van der Waals surface area contributed by atoms with E-state index in [1.807, 2.05) is 0 Å². The van der Waals surface area contributed by atoms with Gasteiger partial charge in [0.2, 0.25) is 0 Å². The molecule has 0 bridgehead atoms. The molecule has 2 heterocycles. The summed E-state index contributed by atoms with van der Waals surface area (Å²) in [5, 5.41) is 21.5. The molecule has 0 saturated carbocycles. The highest BCUT2D eigenvalue weighted by atomic mass is 32.1. The smallest absolute Gasteiger partial charge is 0.304 e. The molecule has 1 saturated heterocycles. The molecule has 0 aromatic carbocycles. The maximum absolute atomic E-state index is 11.2. The van der Waals surface area contributed by atoms with Crippen molar-refractivity contribution in [2.24, 2.45) is 5.92 Å². The summed E-state index contributed by atoms with van der Waals surface area (Å²) in [4.78, 5) is 13.6. The van der Waals surface area contributed by atoms with Crippen molar-refractivity contribution in [1.82, 2.24) is 0 Å². The van der Waals surface area contributed by atoms with Gasteiger partial charge in [0.05, 0.1) is 11.0 Å². The first-order valence-corrected chi connectivity index (χ1v) is 7.46. The van der Waals surface area contributed by atoms with Crippen molar-refractivity contribution < 1.29 is 10.0 Å². The van der Waals surface area contributed by atoms with Crippen LogP contribution in [0, 0.1) is 16.0 Å². The number of anilines is 1. The third kappa shape index (κ3) is 2.74. The number of nitrogens with zero attached hydrogens (tertiary/aromatic N) is 2. The van der Waals surface area contributed by atoms with Crippen molar-refractivity contribution in [1.29, 1.82) is 0 Å². The van der Waals surface area contributed by atoms with Crippen LogP contribution < -0.4 is 4.90 Å². The maximum Gasteiger partial charge on any atom is 0.304 e. The molecule has 1 aliphatic heterocycles. The van der Waals surface area contributed by atoms with Gasteiger partial charge in [-0.2, -0.15) is 0 Å². The minimum Gasteiger partial charge on any atom is -0.388 e. The molecule has 1 fully saturated rings. The van der Waals surface area contributed by atoms with E-state index >= 15 is 0 Å². The lowest BCUT2D eigenvalue weighted by atomic mass is 9.92. The van der Waals surface area contributed by atoms with Gasteiger partial charge in [0.1, 0.15) is 0 Å². The molecule has 0 spiro atoms. The molecule has 106 valence electrons. The quantitative estimate of drug-likeness (QED) is 0.683. The molecule has 6 heteroatoms. The molecule has 1 aliphatic rings. The van der Waals surface area contributed by atoms with Crippen LogP contribution in [-0.4, -0.2) is 22.6 Å². The van der Waals surface area contributed by atoms with E-state index < -0.39 is 6.10 Å². The molecular weight excluding hydrogens is 264 g/mol. The normalized spacial score (nSPS) is 25.4. The van der Waals surface area contributed by atoms with Crippen LogP contribution in [0.15, 0.2) is 6.07 Å². The van der Waals surface area contributed by atoms with Crippen molar-refractivity contribution in [3.8, 4) is 0 Å². The van der Waals surface area contributed by atoms with Crippen LogP contribution in [0.4, 0.5) is 10.7 Å². The average Bonchev–Trinajstić information content (AvgIpc) is 2.77. The van der Waals surface area contributed by atoms with Crippen LogP contribution in [0.3, 0.4) is 0 Å². The molecule has 0 radical (unpaired) electrons. The fourth-order valence-electron chi connectivity index (χ4n) is 2.55. The highest BCUT2D eigenvalue weighted by Gasteiger charge is 2.32. The highest BCUT2D eigenvalue weighted by molar-refractivity contribution is 7.16. The second-order valence-electron chi connectivity index (χ2n) is 5.33. The number of hydrogen-bond acceptors (Lipinski definition) is 5. The molecule has 1 aromatic rings. The molecule has 2 unspecified atom stereocenters. The number of aliphatic hydroxyl groups excluding tert-OH is 1. The van der Waals surface area contributed by atoms with Crippen LogP contribution in [0.25, 0.3) is 0 Å². The van der Waals surface area contributed by atoms with Gasteiger partial charge in [0, 0.05) is 23.5 Å². The molecule has 1 N–H and O–H groups in total. The second-order valence-corrected chi connectivity index (χ2v) is 6.39. The minimum absolute atomic E-state index is 0.127. The van der Waals surface area contributed by atoms with Crippen molar-refractivity contribution in [3.63, 3.8) is 0 Å². The van der Waals surface area contributed by atoms with E-state index in [1.165, 1.54) is 23.8 Å². The Balaban J connectivity index is 2.39. The van der Waals surface area contributed by atoms with Crippen molar-refractivity contribution in [2.45, 2.75) is 45.8 Å². The fourth-order valence-corrected chi connectivity index (χ4v) is 3.73. The third-order valence-corrected chi connectivity index (χ3v) is 5.29. The van der Waals surface area contributed by atoms with Crippen LogP contribution in [0.5, 0.6) is 0 Å². The van der Waals surface area contributed by atoms with Crippen LogP contribution >= 0.6 is 11.3 Å². The zero-order valence-corrected chi connectivity index (χ0v) is 12.3. The van der Waals surface area contributed by atoms with Crippen molar-refractivity contribution in [3.05, 3.63) is 21.1 Å². The molecule has 0 amide bonds. The van der Waals surface area contributed by atoms with E-state index in [4.69, 9.17) is 0 Å². The summed E-state index contributed by atoms with van der Waals surface area (Å²) >= 11 is 1.34. The van der Waals surface area contributed by atoms with E-state index in [2.05, 4.69) is 18.7 Å². The summed E-state index contributed by atoms with van der Waals surface area (Å²) in [6.07, 6.45) is 1.57. The predicted molar refractivity (Wildman–Crippen MR) is 76.8 cm³/mol. The number of rotatable bonds is 3. The molecular formula is C13H20N2O3S. The Labute approximate surface area is 117 Å². The number of nitro groups is 1. The zero-order chi connectivity index (χ0) is 14.2. The van der Waals surface area contributed by atoms with Crippen molar-refractivity contribution >= 4 is 22.0 Å². The van der Waals surface area contributed by atoms with Gasteiger partial charge in [-0.15, -0.1) is 11.3 Å².